The summed E-state index contributed by atoms with van der Waals surface area (Å²) >= 11 is 6.03. The molecule has 1 unspecified atom stereocenters. The Morgan fingerprint density at radius 1 is 1.33 bits per heavy atom. The van der Waals surface area contributed by atoms with Gasteiger partial charge in [-0.1, -0.05) is 22.8 Å². The lowest BCUT2D eigenvalue weighted by Crippen LogP contribution is -2.44. The number of nitrogens with one attached hydrogen (secondary N) is 1. The minimum atomic E-state index is 0.117. The van der Waals surface area contributed by atoms with Crippen molar-refractivity contribution in [2.75, 3.05) is 26.7 Å². The van der Waals surface area contributed by atoms with E-state index in [0.29, 0.717) is 22.4 Å². The number of rotatable bonds is 3. The molecule has 0 radical (unpaired) electrons. The lowest BCUT2D eigenvalue weighted by Gasteiger charge is -2.30. The number of halogens is 1. The fraction of sp³-hybridized carbons (Fsp3) is 0.312. The third kappa shape index (κ3) is 2.93. The summed E-state index contributed by atoms with van der Waals surface area (Å²) in [6, 6.07) is 9.46. The molecule has 0 amide bonds. The van der Waals surface area contributed by atoms with E-state index in [1.807, 2.05) is 36.5 Å². The molecule has 3 heterocycles. The Morgan fingerprint density at radius 2 is 2.25 bits per heavy atom. The van der Waals surface area contributed by atoms with Gasteiger partial charge in [-0.25, -0.2) is 4.68 Å². The molecule has 1 N–H and O–H groups in total. The Morgan fingerprint density at radius 3 is 3.08 bits per heavy atom. The van der Waals surface area contributed by atoms with Gasteiger partial charge in [0.25, 0.3) is 5.89 Å². The number of likely N-dealkylation sites (N-methyl/N-ethyl adjacent to an activating group) is 1. The summed E-state index contributed by atoms with van der Waals surface area (Å²) in [5.41, 5.74) is 1.52. The van der Waals surface area contributed by atoms with Gasteiger partial charge in [0.05, 0.1) is 11.7 Å². The Labute approximate surface area is 144 Å². The van der Waals surface area contributed by atoms with Crippen LogP contribution < -0.4 is 5.32 Å². The highest BCUT2D eigenvalue weighted by atomic mass is 35.5. The molecule has 4 rings (SSSR count). The van der Waals surface area contributed by atoms with Gasteiger partial charge >= 0.3 is 0 Å². The first-order valence-corrected chi connectivity index (χ1v) is 8.15. The molecule has 8 heteroatoms. The maximum atomic E-state index is 6.03. The zero-order valence-corrected chi connectivity index (χ0v) is 13.9. The van der Waals surface area contributed by atoms with Crippen LogP contribution in [0.2, 0.25) is 5.02 Å². The molecular weight excluding hydrogens is 328 g/mol. The van der Waals surface area contributed by atoms with E-state index in [9.17, 15) is 0 Å². The largest absolute Gasteiger partial charge is 0.332 e. The topological polar surface area (TPSA) is 72.0 Å². The first-order chi connectivity index (χ1) is 11.7. The van der Waals surface area contributed by atoms with Crippen LogP contribution in [-0.2, 0) is 0 Å². The van der Waals surface area contributed by atoms with E-state index in [-0.39, 0.29) is 6.04 Å². The summed E-state index contributed by atoms with van der Waals surface area (Å²) in [6.45, 7) is 2.74. The van der Waals surface area contributed by atoms with Gasteiger partial charge in [0.15, 0.2) is 11.5 Å². The molecule has 1 aromatic carbocycles. The molecule has 2 aromatic heterocycles. The molecule has 124 valence electrons. The van der Waals surface area contributed by atoms with Gasteiger partial charge in [0.1, 0.15) is 0 Å². The Hall–Kier alpha value is -2.22. The SMILES string of the molecule is CN1CCNCC1c1noc(-c2ccn(-c3cccc(Cl)c3)n2)n1. The highest BCUT2D eigenvalue weighted by Crippen LogP contribution is 2.22. The first-order valence-electron chi connectivity index (χ1n) is 7.77. The summed E-state index contributed by atoms with van der Waals surface area (Å²) in [5, 5.41) is 12.6. The Kier molecular flexibility index (Phi) is 4.05. The highest BCUT2D eigenvalue weighted by molar-refractivity contribution is 6.30. The number of hydrogen-bond donors (Lipinski definition) is 1. The monoisotopic (exact) mass is 344 g/mol. The molecule has 24 heavy (non-hydrogen) atoms. The van der Waals surface area contributed by atoms with Crippen LogP contribution >= 0.6 is 11.6 Å². The van der Waals surface area contributed by atoms with Crippen LogP contribution in [0.3, 0.4) is 0 Å². The van der Waals surface area contributed by atoms with Crippen LogP contribution in [-0.4, -0.2) is 51.5 Å². The van der Waals surface area contributed by atoms with Gasteiger partial charge < -0.3 is 9.84 Å². The number of hydrogen-bond acceptors (Lipinski definition) is 6. The molecular formula is C16H17ClN6O. The van der Waals surface area contributed by atoms with Crippen LogP contribution in [0, 0.1) is 0 Å². The molecule has 1 aliphatic heterocycles. The molecule has 0 saturated carbocycles. The highest BCUT2D eigenvalue weighted by Gasteiger charge is 2.26. The van der Waals surface area contributed by atoms with Gasteiger partial charge in [0, 0.05) is 30.9 Å². The van der Waals surface area contributed by atoms with Crippen molar-refractivity contribution in [3.8, 4) is 17.3 Å². The predicted molar refractivity (Wildman–Crippen MR) is 90.1 cm³/mol. The molecule has 1 fully saturated rings. The van der Waals surface area contributed by atoms with E-state index in [1.165, 1.54) is 0 Å². The van der Waals surface area contributed by atoms with Crippen molar-refractivity contribution in [3.05, 3.63) is 47.4 Å². The first kappa shape index (κ1) is 15.3. The van der Waals surface area contributed by atoms with Crippen LogP contribution in [0.1, 0.15) is 11.9 Å². The summed E-state index contributed by atoms with van der Waals surface area (Å²) in [6.07, 6.45) is 1.85. The Balaban J connectivity index is 1.59. The summed E-state index contributed by atoms with van der Waals surface area (Å²) < 4.78 is 7.14. The van der Waals surface area contributed by atoms with Crippen LogP contribution in [0.15, 0.2) is 41.1 Å². The summed E-state index contributed by atoms with van der Waals surface area (Å²) in [5.74, 6) is 1.10. The molecule has 1 saturated heterocycles. The third-order valence-electron chi connectivity index (χ3n) is 4.13. The van der Waals surface area contributed by atoms with E-state index < -0.39 is 0 Å². The Bertz CT molecular complexity index is 844. The van der Waals surface area contributed by atoms with Crippen LogP contribution in [0.25, 0.3) is 17.3 Å². The van der Waals surface area contributed by atoms with Crippen molar-refractivity contribution in [2.24, 2.45) is 0 Å². The number of piperazine rings is 1. The van der Waals surface area contributed by atoms with Crippen molar-refractivity contribution in [1.82, 2.24) is 30.1 Å². The second kappa shape index (κ2) is 6.35. The van der Waals surface area contributed by atoms with Gasteiger partial charge in [-0.2, -0.15) is 10.1 Å². The second-order valence-corrected chi connectivity index (χ2v) is 6.22. The molecule has 7 nitrogen and oxygen atoms in total. The second-order valence-electron chi connectivity index (χ2n) is 5.78. The van der Waals surface area contributed by atoms with E-state index in [2.05, 4.69) is 32.5 Å². The average Bonchev–Trinajstić information content (AvgIpc) is 3.25. The summed E-state index contributed by atoms with van der Waals surface area (Å²) in [4.78, 5) is 6.74. The van der Waals surface area contributed by atoms with E-state index in [1.54, 1.807) is 4.68 Å². The van der Waals surface area contributed by atoms with E-state index >= 15 is 0 Å². The molecule has 0 bridgehead atoms. The lowest BCUT2D eigenvalue weighted by atomic mass is 10.2. The molecule has 0 aliphatic carbocycles. The fourth-order valence-corrected chi connectivity index (χ4v) is 2.95. The van der Waals surface area contributed by atoms with Crippen LogP contribution in [0.4, 0.5) is 0 Å². The molecule has 3 aromatic rings. The summed E-state index contributed by atoms with van der Waals surface area (Å²) in [7, 11) is 2.06. The predicted octanol–water partition coefficient (Wildman–Crippen LogP) is 2.15. The van der Waals surface area contributed by atoms with Gasteiger partial charge in [-0.05, 0) is 31.3 Å². The van der Waals surface area contributed by atoms with Crippen molar-refractivity contribution in [2.45, 2.75) is 6.04 Å². The van der Waals surface area contributed by atoms with Gasteiger partial charge in [-0.15, -0.1) is 0 Å². The minimum Gasteiger partial charge on any atom is -0.332 e. The van der Waals surface area contributed by atoms with Gasteiger partial charge in [0.2, 0.25) is 0 Å². The third-order valence-corrected chi connectivity index (χ3v) is 4.37. The zero-order chi connectivity index (χ0) is 16.5. The van der Waals surface area contributed by atoms with E-state index in [4.69, 9.17) is 16.1 Å². The number of nitrogens with zero attached hydrogens (tertiary/aromatic N) is 5. The normalized spacial score (nSPS) is 18.8. The van der Waals surface area contributed by atoms with Gasteiger partial charge in [-0.3, -0.25) is 4.90 Å². The number of aromatic nitrogens is 4. The lowest BCUT2D eigenvalue weighted by molar-refractivity contribution is 0.190. The fourth-order valence-electron chi connectivity index (χ4n) is 2.77. The zero-order valence-electron chi connectivity index (χ0n) is 13.2. The maximum absolute atomic E-state index is 6.03. The minimum absolute atomic E-state index is 0.117. The van der Waals surface area contributed by atoms with Crippen molar-refractivity contribution in [3.63, 3.8) is 0 Å². The average molecular weight is 345 g/mol. The maximum Gasteiger partial charge on any atom is 0.278 e. The molecule has 1 atom stereocenters. The van der Waals surface area contributed by atoms with E-state index in [0.717, 1.165) is 25.3 Å². The quantitative estimate of drug-likeness (QED) is 0.785. The standard InChI is InChI=1S/C16H17ClN6O/c1-22-8-6-18-10-14(22)15-19-16(24-21-15)13-5-7-23(20-13)12-4-2-3-11(17)9-12/h2-5,7,9,14,18H,6,8,10H2,1H3. The molecule has 1 aliphatic rings. The van der Waals surface area contributed by atoms with Crippen molar-refractivity contribution in [1.29, 1.82) is 0 Å². The smallest absolute Gasteiger partial charge is 0.278 e. The molecule has 0 spiro atoms. The van der Waals surface area contributed by atoms with Crippen molar-refractivity contribution < 1.29 is 4.52 Å². The van der Waals surface area contributed by atoms with Crippen LogP contribution in [0.5, 0.6) is 0 Å². The number of benzene rings is 1. The van der Waals surface area contributed by atoms with Crippen molar-refractivity contribution >= 4 is 11.6 Å².